The van der Waals surface area contributed by atoms with Crippen LogP contribution in [0.25, 0.3) is 0 Å². The van der Waals surface area contributed by atoms with Crippen LogP contribution in [0.2, 0.25) is 0 Å². The van der Waals surface area contributed by atoms with Crippen molar-refractivity contribution in [2.75, 3.05) is 13.1 Å². The van der Waals surface area contributed by atoms with Crippen LogP contribution >= 0.6 is 0 Å². The third kappa shape index (κ3) is 2.45. The molecule has 1 fully saturated rings. The lowest BCUT2D eigenvalue weighted by Crippen LogP contribution is -2.65. The van der Waals surface area contributed by atoms with Crippen molar-refractivity contribution >= 4 is 5.97 Å². The molecular weight excluding hydrogens is 182 g/mol. The van der Waals surface area contributed by atoms with Crippen molar-refractivity contribution in [2.45, 2.75) is 44.8 Å². The Bertz CT molecular complexity index is 207. The highest BCUT2D eigenvalue weighted by Crippen LogP contribution is 2.28. The number of nitrogens with zero attached hydrogens (tertiary/aromatic N) is 1. The predicted molar refractivity (Wildman–Crippen MR) is 53.1 cm³/mol. The first-order chi connectivity index (χ1) is 6.50. The van der Waals surface area contributed by atoms with E-state index in [1.807, 2.05) is 0 Å². The van der Waals surface area contributed by atoms with E-state index in [2.05, 4.69) is 18.7 Å². The lowest BCUT2D eigenvalue weighted by molar-refractivity contribution is -0.157. The van der Waals surface area contributed by atoms with Crippen LogP contribution in [0, 0.1) is 0 Å². The van der Waals surface area contributed by atoms with Crippen LogP contribution in [0.5, 0.6) is 0 Å². The Balaban J connectivity index is 2.37. The van der Waals surface area contributed by atoms with E-state index in [1.54, 1.807) is 0 Å². The molecule has 0 radical (unpaired) electrons. The monoisotopic (exact) mass is 201 g/mol. The predicted octanol–water partition coefficient (Wildman–Crippen LogP) is 0.696. The van der Waals surface area contributed by atoms with Gasteiger partial charge in [-0.15, -0.1) is 0 Å². The molecule has 0 aliphatic carbocycles. The Kier molecular flexibility index (Phi) is 3.50. The minimum absolute atomic E-state index is 0.135. The van der Waals surface area contributed by atoms with Crippen molar-refractivity contribution < 1.29 is 15.0 Å². The van der Waals surface area contributed by atoms with Gasteiger partial charge in [0.25, 0.3) is 0 Å². The van der Waals surface area contributed by atoms with Gasteiger partial charge in [-0.05, 0) is 12.8 Å². The SMILES string of the molecule is CCC(CC)N1CC(O)(CC(=O)O)C1. The molecule has 2 N–H and O–H groups in total. The van der Waals surface area contributed by atoms with Gasteiger partial charge >= 0.3 is 5.97 Å². The topological polar surface area (TPSA) is 60.8 Å². The maximum atomic E-state index is 10.4. The van der Waals surface area contributed by atoms with Gasteiger partial charge in [0, 0.05) is 19.1 Å². The van der Waals surface area contributed by atoms with Crippen LogP contribution in [0.3, 0.4) is 0 Å². The van der Waals surface area contributed by atoms with E-state index in [9.17, 15) is 9.90 Å². The number of rotatable bonds is 5. The lowest BCUT2D eigenvalue weighted by atomic mass is 9.88. The zero-order chi connectivity index (χ0) is 10.8. The van der Waals surface area contributed by atoms with Crippen molar-refractivity contribution in [1.82, 2.24) is 4.90 Å². The number of carboxylic acids is 1. The van der Waals surface area contributed by atoms with Crippen molar-refractivity contribution in [2.24, 2.45) is 0 Å². The van der Waals surface area contributed by atoms with Gasteiger partial charge in [-0.25, -0.2) is 0 Å². The van der Waals surface area contributed by atoms with Gasteiger partial charge in [0.1, 0.15) is 5.60 Å². The van der Waals surface area contributed by atoms with Gasteiger partial charge < -0.3 is 10.2 Å². The minimum atomic E-state index is -0.978. The molecule has 1 rings (SSSR count). The number of aliphatic hydroxyl groups is 1. The molecule has 0 bridgehead atoms. The van der Waals surface area contributed by atoms with E-state index < -0.39 is 11.6 Å². The first-order valence-corrected chi connectivity index (χ1v) is 5.19. The summed E-state index contributed by atoms with van der Waals surface area (Å²) >= 11 is 0. The van der Waals surface area contributed by atoms with Gasteiger partial charge in [0.05, 0.1) is 6.42 Å². The summed E-state index contributed by atoms with van der Waals surface area (Å²) in [5.74, 6) is -0.920. The van der Waals surface area contributed by atoms with Crippen LogP contribution in [0.15, 0.2) is 0 Å². The molecule has 82 valence electrons. The molecule has 0 aromatic heterocycles. The highest BCUT2D eigenvalue weighted by atomic mass is 16.4. The molecule has 0 aromatic rings. The second-order valence-corrected chi connectivity index (χ2v) is 4.17. The zero-order valence-corrected chi connectivity index (χ0v) is 8.86. The molecule has 1 aliphatic rings. The molecule has 0 atom stereocenters. The standard InChI is InChI=1S/C10H19NO3/c1-3-8(4-2)11-6-10(14,7-11)5-9(12)13/h8,14H,3-7H2,1-2H3,(H,12,13). The second-order valence-electron chi connectivity index (χ2n) is 4.17. The van der Waals surface area contributed by atoms with Crippen LogP contribution in [0.1, 0.15) is 33.1 Å². The van der Waals surface area contributed by atoms with Gasteiger partial charge in [0.2, 0.25) is 0 Å². The van der Waals surface area contributed by atoms with E-state index >= 15 is 0 Å². The second kappa shape index (κ2) is 4.28. The highest BCUT2D eigenvalue weighted by molar-refractivity contribution is 5.68. The molecule has 4 heteroatoms. The molecule has 0 saturated carbocycles. The average molecular weight is 201 g/mol. The quantitative estimate of drug-likeness (QED) is 0.687. The number of likely N-dealkylation sites (tertiary alicyclic amines) is 1. The van der Waals surface area contributed by atoms with Gasteiger partial charge in [-0.1, -0.05) is 13.8 Å². The Hall–Kier alpha value is -0.610. The Morgan fingerprint density at radius 3 is 2.29 bits per heavy atom. The third-order valence-electron chi connectivity index (χ3n) is 2.93. The number of carboxylic acid groups (broad SMARTS) is 1. The fourth-order valence-corrected chi connectivity index (χ4v) is 2.17. The van der Waals surface area contributed by atoms with Crippen LogP contribution in [0.4, 0.5) is 0 Å². The molecule has 1 saturated heterocycles. The zero-order valence-electron chi connectivity index (χ0n) is 8.86. The molecule has 0 spiro atoms. The number of carbonyl (C=O) groups is 1. The summed E-state index contributed by atoms with van der Waals surface area (Å²) in [6.45, 7) is 5.24. The van der Waals surface area contributed by atoms with Crippen LogP contribution in [-0.4, -0.2) is 45.8 Å². The van der Waals surface area contributed by atoms with Crippen LogP contribution < -0.4 is 0 Å². The van der Waals surface area contributed by atoms with Gasteiger partial charge in [-0.2, -0.15) is 0 Å². The smallest absolute Gasteiger partial charge is 0.306 e. The van der Waals surface area contributed by atoms with E-state index in [-0.39, 0.29) is 6.42 Å². The number of hydrogen-bond donors (Lipinski definition) is 2. The van der Waals surface area contributed by atoms with E-state index in [4.69, 9.17) is 5.11 Å². The molecular formula is C10H19NO3. The summed E-state index contributed by atoms with van der Waals surface area (Å²) in [5.41, 5.74) is -0.978. The number of β-amino-alcohol motifs (C(OH)–C–C–N with tert-alkyl or cyclic N) is 1. The van der Waals surface area contributed by atoms with Crippen molar-refractivity contribution in [3.05, 3.63) is 0 Å². The fourth-order valence-electron chi connectivity index (χ4n) is 2.17. The normalized spacial score (nSPS) is 20.9. The average Bonchev–Trinajstić information content (AvgIpc) is 2.02. The molecule has 1 aliphatic heterocycles. The first-order valence-electron chi connectivity index (χ1n) is 5.19. The van der Waals surface area contributed by atoms with Crippen LogP contribution in [-0.2, 0) is 4.79 Å². The Morgan fingerprint density at radius 2 is 1.93 bits per heavy atom. The maximum Gasteiger partial charge on any atom is 0.306 e. The molecule has 1 heterocycles. The fraction of sp³-hybridized carbons (Fsp3) is 0.900. The van der Waals surface area contributed by atoms with Crippen molar-refractivity contribution in [1.29, 1.82) is 0 Å². The summed E-state index contributed by atoms with van der Waals surface area (Å²) < 4.78 is 0. The largest absolute Gasteiger partial charge is 0.481 e. The maximum absolute atomic E-state index is 10.4. The minimum Gasteiger partial charge on any atom is -0.481 e. The summed E-state index contributed by atoms with van der Waals surface area (Å²) in [5, 5.41) is 18.3. The molecule has 0 unspecified atom stereocenters. The van der Waals surface area contributed by atoms with Gasteiger partial charge in [0.15, 0.2) is 0 Å². The molecule has 0 amide bonds. The Morgan fingerprint density at radius 1 is 1.43 bits per heavy atom. The Labute approximate surface area is 84.5 Å². The third-order valence-corrected chi connectivity index (χ3v) is 2.93. The van der Waals surface area contributed by atoms with E-state index in [0.29, 0.717) is 19.1 Å². The highest BCUT2D eigenvalue weighted by Gasteiger charge is 2.44. The van der Waals surface area contributed by atoms with Crippen molar-refractivity contribution in [3.8, 4) is 0 Å². The summed E-state index contributed by atoms with van der Waals surface area (Å²) in [6, 6.07) is 0.490. The van der Waals surface area contributed by atoms with E-state index in [1.165, 1.54) is 0 Å². The molecule has 4 nitrogen and oxygen atoms in total. The number of hydrogen-bond acceptors (Lipinski definition) is 3. The summed E-state index contributed by atoms with van der Waals surface area (Å²) in [4.78, 5) is 12.6. The summed E-state index contributed by atoms with van der Waals surface area (Å²) in [6.07, 6.45) is 1.98. The molecule has 14 heavy (non-hydrogen) atoms. The van der Waals surface area contributed by atoms with Gasteiger partial charge in [-0.3, -0.25) is 9.69 Å². The molecule has 0 aromatic carbocycles. The van der Waals surface area contributed by atoms with Crippen molar-refractivity contribution in [3.63, 3.8) is 0 Å². The first kappa shape index (κ1) is 11.5. The lowest BCUT2D eigenvalue weighted by Gasteiger charge is -2.49. The summed E-state index contributed by atoms with van der Waals surface area (Å²) in [7, 11) is 0. The van der Waals surface area contributed by atoms with E-state index in [0.717, 1.165) is 12.8 Å². The number of aliphatic carboxylic acids is 1.